The number of carbonyl (C=O) groups is 2. The van der Waals surface area contributed by atoms with E-state index < -0.39 is 11.9 Å². The van der Waals surface area contributed by atoms with E-state index in [2.05, 4.69) is 15.9 Å². The number of methoxy groups -OCH3 is 4. The highest BCUT2D eigenvalue weighted by Gasteiger charge is 2.29. The number of aryl methyl sites for hydroxylation is 1. The van der Waals surface area contributed by atoms with E-state index in [9.17, 15) is 9.59 Å². The number of benzene rings is 4. The lowest BCUT2D eigenvalue weighted by molar-refractivity contribution is -0.132. The molecule has 0 radical (unpaired) electrons. The van der Waals surface area contributed by atoms with Crippen LogP contribution in [0.3, 0.4) is 0 Å². The van der Waals surface area contributed by atoms with Gasteiger partial charge in [-0.15, -0.1) is 0 Å². The third-order valence-electron chi connectivity index (χ3n) is 6.51. The molecule has 0 aromatic heterocycles. The Bertz CT molecular complexity index is 1640. The zero-order valence-corrected chi connectivity index (χ0v) is 24.6. The summed E-state index contributed by atoms with van der Waals surface area (Å²) < 4.78 is 35.0. The van der Waals surface area contributed by atoms with Gasteiger partial charge in [0, 0.05) is 35.7 Å². The van der Waals surface area contributed by atoms with Crippen LogP contribution in [0.25, 0.3) is 32.7 Å². The fraction of sp³-hybridized carbons (Fsp3) is 0.267. The van der Waals surface area contributed by atoms with Crippen molar-refractivity contribution in [3.63, 3.8) is 0 Å². The highest BCUT2D eigenvalue weighted by atomic mass is 79.9. The van der Waals surface area contributed by atoms with Gasteiger partial charge in [0.05, 0.1) is 43.7 Å². The SMILES string of the molecule is COc1ccc(OC)c2c(OC(C)=O)c(-c3c(C)c(Br)c(OC(C)=O)c4c(OC)ccc(OC)c34)c(C)cc12. The van der Waals surface area contributed by atoms with Crippen molar-refractivity contribution < 1.29 is 38.0 Å². The molecule has 0 heterocycles. The van der Waals surface area contributed by atoms with Crippen LogP contribution in [0.15, 0.2) is 34.8 Å². The van der Waals surface area contributed by atoms with E-state index in [1.807, 2.05) is 19.9 Å². The molecule has 9 heteroatoms. The Morgan fingerprint density at radius 2 is 1.10 bits per heavy atom. The molecular weight excluding hydrogens is 568 g/mol. The number of carbonyl (C=O) groups excluding carboxylic acids is 2. The number of hydrogen-bond acceptors (Lipinski definition) is 8. The molecule has 4 aromatic rings. The summed E-state index contributed by atoms with van der Waals surface area (Å²) in [6.07, 6.45) is 0. The summed E-state index contributed by atoms with van der Waals surface area (Å²) in [4.78, 5) is 24.7. The van der Waals surface area contributed by atoms with Gasteiger partial charge in [-0.05, 0) is 71.2 Å². The van der Waals surface area contributed by atoms with Crippen molar-refractivity contribution in [2.24, 2.45) is 0 Å². The molecule has 0 fully saturated rings. The van der Waals surface area contributed by atoms with Crippen molar-refractivity contribution in [1.29, 1.82) is 0 Å². The van der Waals surface area contributed by atoms with Crippen LogP contribution in [0.5, 0.6) is 34.5 Å². The number of ether oxygens (including phenoxy) is 6. The predicted molar refractivity (Wildman–Crippen MR) is 153 cm³/mol. The van der Waals surface area contributed by atoms with Gasteiger partial charge in [-0.1, -0.05) is 0 Å². The summed E-state index contributed by atoms with van der Waals surface area (Å²) in [7, 11) is 6.23. The topological polar surface area (TPSA) is 89.5 Å². The summed E-state index contributed by atoms with van der Waals surface area (Å²) in [5.41, 5.74) is 2.85. The van der Waals surface area contributed by atoms with Crippen molar-refractivity contribution in [2.75, 3.05) is 28.4 Å². The molecule has 39 heavy (non-hydrogen) atoms. The smallest absolute Gasteiger partial charge is 0.308 e. The van der Waals surface area contributed by atoms with Gasteiger partial charge in [-0.25, -0.2) is 0 Å². The van der Waals surface area contributed by atoms with Crippen LogP contribution < -0.4 is 28.4 Å². The van der Waals surface area contributed by atoms with Crippen molar-refractivity contribution in [3.8, 4) is 45.6 Å². The number of fused-ring (bicyclic) bond motifs is 2. The maximum Gasteiger partial charge on any atom is 0.308 e. The van der Waals surface area contributed by atoms with E-state index in [1.54, 1.807) is 45.6 Å². The molecule has 4 aromatic carbocycles. The zero-order chi connectivity index (χ0) is 28.6. The average molecular weight is 597 g/mol. The molecule has 0 aliphatic carbocycles. The van der Waals surface area contributed by atoms with Gasteiger partial charge in [-0.3, -0.25) is 9.59 Å². The number of hydrogen-bond donors (Lipinski definition) is 0. The van der Waals surface area contributed by atoms with E-state index in [0.717, 1.165) is 16.5 Å². The van der Waals surface area contributed by atoms with Crippen LogP contribution in [0.1, 0.15) is 25.0 Å². The molecule has 0 N–H and O–H groups in total. The van der Waals surface area contributed by atoms with Crippen molar-refractivity contribution in [1.82, 2.24) is 0 Å². The minimum absolute atomic E-state index is 0.293. The lowest BCUT2D eigenvalue weighted by Gasteiger charge is -2.24. The van der Waals surface area contributed by atoms with Crippen molar-refractivity contribution in [2.45, 2.75) is 27.7 Å². The van der Waals surface area contributed by atoms with E-state index in [-0.39, 0.29) is 0 Å². The van der Waals surface area contributed by atoms with Gasteiger partial charge < -0.3 is 28.4 Å². The lowest BCUT2D eigenvalue weighted by atomic mass is 9.87. The summed E-state index contributed by atoms with van der Waals surface area (Å²) in [5, 5.41) is 2.43. The van der Waals surface area contributed by atoms with Gasteiger partial charge in [0.15, 0.2) is 11.5 Å². The molecule has 0 saturated carbocycles. The molecule has 204 valence electrons. The fourth-order valence-electron chi connectivity index (χ4n) is 4.96. The van der Waals surface area contributed by atoms with Crippen LogP contribution in [-0.4, -0.2) is 40.4 Å². The Hall–Kier alpha value is -3.98. The largest absolute Gasteiger partial charge is 0.496 e. The van der Waals surface area contributed by atoms with Crippen LogP contribution in [0.4, 0.5) is 0 Å². The van der Waals surface area contributed by atoms with Gasteiger partial charge in [0.1, 0.15) is 23.0 Å². The molecule has 0 saturated heterocycles. The van der Waals surface area contributed by atoms with E-state index in [4.69, 9.17) is 28.4 Å². The Kier molecular flexibility index (Phi) is 7.92. The van der Waals surface area contributed by atoms with Crippen LogP contribution in [0, 0.1) is 13.8 Å². The molecule has 0 unspecified atom stereocenters. The third kappa shape index (κ3) is 4.71. The average Bonchev–Trinajstić information content (AvgIpc) is 2.90. The summed E-state index contributed by atoms with van der Waals surface area (Å²) >= 11 is 3.66. The number of halogens is 1. The summed E-state index contributed by atoms with van der Waals surface area (Å²) in [6, 6.07) is 9.05. The summed E-state index contributed by atoms with van der Waals surface area (Å²) in [5.74, 6) is 1.68. The second-order valence-electron chi connectivity index (χ2n) is 8.84. The third-order valence-corrected chi connectivity index (χ3v) is 7.46. The van der Waals surface area contributed by atoms with E-state index in [1.165, 1.54) is 21.0 Å². The molecule has 0 amide bonds. The first-order chi connectivity index (χ1) is 18.6. The maximum absolute atomic E-state index is 12.5. The first-order valence-electron chi connectivity index (χ1n) is 12.0. The van der Waals surface area contributed by atoms with Crippen LogP contribution in [0.2, 0.25) is 0 Å². The standard InChI is InChI=1S/C30H29BrO8/c1-14-13-18-19(34-5)9-10-20(35-6)25(18)29(38-16(3)32)23(14)24-15(2)28(31)30(39-17(4)33)27-22(37-8)12-11-21(36-7)26(24)27/h9-13H,1-8H3. The molecule has 0 aliphatic heterocycles. The Labute approximate surface area is 234 Å². The van der Waals surface area contributed by atoms with Crippen molar-refractivity contribution >= 4 is 49.4 Å². The van der Waals surface area contributed by atoms with E-state index >= 15 is 0 Å². The normalized spacial score (nSPS) is 10.9. The first-order valence-corrected chi connectivity index (χ1v) is 12.8. The Morgan fingerprint density at radius 1 is 0.641 bits per heavy atom. The molecule has 8 nitrogen and oxygen atoms in total. The Morgan fingerprint density at radius 3 is 1.62 bits per heavy atom. The molecular formula is C30H29BrO8. The van der Waals surface area contributed by atoms with Crippen LogP contribution >= 0.6 is 15.9 Å². The number of rotatable bonds is 7. The maximum atomic E-state index is 12.5. The van der Waals surface area contributed by atoms with Gasteiger partial charge in [0.2, 0.25) is 0 Å². The second kappa shape index (κ2) is 11.0. The minimum Gasteiger partial charge on any atom is -0.496 e. The molecule has 4 rings (SSSR count). The second-order valence-corrected chi connectivity index (χ2v) is 9.63. The van der Waals surface area contributed by atoms with E-state index in [0.29, 0.717) is 66.3 Å². The highest BCUT2D eigenvalue weighted by molar-refractivity contribution is 9.10. The minimum atomic E-state index is -0.505. The molecule has 0 aliphatic rings. The molecule has 0 bridgehead atoms. The fourth-order valence-corrected chi connectivity index (χ4v) is 5.44. The van der Waals surface area contributed by atoms with Crippen LogP contribution in [-0.2, 0) is 9.59 Å². The van der Waals surface area contributed by atoms with Crippen molar-refractivity contribution in [3.05, 3.63) is 45.9 Å². The predicted octanol–water partition coefficient (Wildman–Crippen LogP) is 6.92. The van der Waals surface area contributed by atoms with Gasteiger partial charge in [-0.2, -0.15) is 0 Å². The first kappa shape index (κ1) is 28.0. The molecule has 0 atom stereocenters. The monoisotopic (exact) mass is 596 g/mol. The number of esters is 2. The quantitative estimate of drug-likeness (QED) is 0.168. The van der Waals surface area contributed by atoms with Gasteiger partial charge in [0.25, 0.3) is 0 Å². The highest BCUT2D eigenvalue weighted by Crippen LogP contribution is 2.55. The summed E-state index contributed by atoms with van der Waals surface area (Å²) in [6.45, 7) is 6.49. The molecule has 0 spiro atoms. The van der Waals surface area contributed by atoms with Gasteiger partial charge >= 0.3 is 11.9 Å². The lowest BCUT2D eigenvalue weighted by Crippen LogP contribution is -2.08. The zero-order valence-electron chi connectivity index (χ0n) is 23.0. The Balaban J connectivity index is 2.35.